The van der Waals surface area contributed by atoms with E-state index < -0.39 is 36.2 Å². The third kappa shape index (κ3) is 20.1. The lowest BCUT2D eigenvalue weighted by molar-refractivity contribution is -0.139. The van der Waals surface area contributed by atoms with E-state index in [-0.39, 0.29) is 26.4 Å². The summed E-state index contributed by atoms with van der Waals surface area (Å²) in [6, 6.07) is -1.81. The Hall–Kier alpha value is -2.64. The van der Waals surface area contributed by atoms with E-state index in [2.05, 4.69) is 15.4 Å². The quantitative estimate of drug-likeness (QED) is 0.167. The van der Waals surface area contributed by atoms with Crippen LogP contribution in [0.3, 0.4) is 0 Å². The number of ether oxygens (including phenoxy) is 2. The van der Waals surface area contributed by atoms with Crippen molar-refractivity contribution >= 4 is 24.1 Å². The van der Waals surface area contributed by atoms with Crippen LogP contribution in [0.2, 0.25) is 0 Å². The summed E-state index contributed by atoms with van der Waals surface area (Å²) in [4.78, 5) is 42.4. The first-order chi connectivity index (χ1) is 14.1. The third-order valence-corrected chi connectivity index (χ3v) is 3.30. The van der Waals surface area contributed by atoms with Crippen LogP contribution in [0.5, 0.6) is 0 Å². The molecule has 8 N–H and O–H groups in total. The molecular formula is C17H33N3O10. The van der Waals surface area contributed by atoms with Crippen molar-refractivity contribution in [2.45, 2.75) is 51.1 Å². The van der Waals surface area contributed by atoms with Crippen LogP contribution in [0.15, 0.2) is 0 Å². The number of aliphatic hydroxyl groups excluding tert-OH is 2. The molecule has 2 amide bonds. The number of nitrogens with two attached hydrogens (primary N) is 1. The molecule has 0 rings (SSSR count). The zero-order valence-corrected chi connectivity index (χ0v) is 17.0. The zero-order valence-electron chi connectivity index (χ0n) is 17.0. The molecular weight excluding hydrogens is 406 g/mol. The van der Waals surface area contributed by atoms with Crippen LogP contribution < -0.4 is 16.4 Å². The van der Waals surface area contributed by atoms with Gasteiger partial charge in [-0.05, 0) is 26.2 Å². The van der Waals surface area contributed by atoms with Crippen LogP contribution in [0, 0.1) is 0 Å². The van der Waals surface area contributed by atoms with Crippen LogP contribution in [-0.2, 0) is 19.1 Å². The Morgan fingerprint density at radius 2 is 1.40 bits per heavy atom. The number of hydrogen-bond donors (Lipinski definition) is 7. The smallest absolute Gasteiger partial charge is 0.407 e. The topological polar surface area (TPSA) is 218 Å². The average molecular weight is 439 g/mol. The number of carbonyl (C=O) groups is 4. The summed E-state index contributed by atoms with van der Waals surface area (Å²) in [6.45, 7) is 1.93. The number of alkyl carbamates (subject to hydrolysis) is 2. The highest BCUT2D eigenvalue weighted by molar-refractivity contribution is 5.79. The Bertz CT molecular complexity index is 504. The van der Waals surface area contributed by atoms with Crippen molar-refractivity contribution in [1.29, 1.82) is 0 Å². The van der Waals surface area contributed by atoms with Crippen molar-refractivity contribution in [2.24, 2.45) is 5.73 Å². The molecule has 0 saturated heterocycles. The number of carbonyl (C=O) groups excluding carboxylic acids is 2. The summed E-state index contributed by atoms with van der Waals surface area (Å²) >= 11 is 0. The number of rotatable bonds is 14. The third-order valence-electron chi connectivity index (χ3n) is 3.30. The van der Waals surface area contributed by atoms with Gasteiger partial charge in [-0.1, -0.05) is 0 Å². The molecule has 176 valence electrons. The van der Waals surface area contributed by atoms with E-state index >= 15 is 0 Å². The van der Waals surface area contributed by atoms with Gasteiger partial charge in [0.25, 0.3) is 0 Å². The first-order valence-electron chi connectivity index (χ1n) is 9.42. The highest BCUT2D eigenvalue weighted by Crippen LogP contribution is 1.98. The van der Waals surface area contributed by atoms with Crippen molar-refractivity contribution in [1.82, 2.24) is 10.6 Å². The predicted octanol–water partition coefficient (Wildman–Crippen LogP) is -0.755. The Labute approximate surface area is 174 Å². The van der Waals surface area contributed by atoms with Gasteiger partial charge in [0.05, 0.1) is 13.2 Å². The highest BCUT2D eigenvalue weighted by atomic mass is 16.6. The lowest BCUT2D eigenvalue weighted by atomic mass is 10.1. The van der Waals surface area contributed by atoms with Gasteiger partial charge < -0.3 is 46.3 Å². The van der Waals surface area contributed by atoms with Crippen LogP contribution in [0.4, 0.5) is 9.59 Å². The van der Waals surface area contributed by atoms with E-state index in [0.29, 0.717) is 38.6 Å². The van der Waals surface area contributed by atoms with Gasteiger partial charge in [-0.2, -0.15) is 0 Å². The summed E-state index contributed by atoms with van der Waals surface area (Å²) < 4.78 is 9.25. The van der Waals surface area contributed by atoms with Crippen molar-refractivity contribution in [3.05, 3.63) is 0 Å². The van der Waals surface area contributed by atoms with E-state index in [4.69, 9.17) is 30.9 Å². The number of unbranched alkanes of at least 4 members (excludes halogenated alkanes) is 1. The van der Waals surface area contributed by atoms with E-state index in [9.17, 15) is 19.2 Å². The summed E-state index contributed by atoms with van der Waals surface area (Å²) in [6.07, 6.45) is 1.11. The first-order valence-corrected chi connectivity index (χ1v) is 9.42. The Morgan fingerprint density at radius 1 is 0.867 bits per heavy atom. The second kappa shape index (κ2) is 19.7. The van der Waals surface area contributed by atoms with Gasteiger partial charge in [0.2, 0.25) is 0 Å². The molecule has 0 fully saturated rings. The summed E-state index contributed by atoms with van der Waals surface area (Å²) in [5.74, 6) is -2.14. The van der Waals surface area contributed by atoms with Crippen LogP contribution >= 0.6 is 0 Å². The van der Waals surface area contributed by atoms with Crippen molar-refractivity contribution in [3.63, 3.8) is 0 Å². The molecule has 0 aromatic heterocycles. The standard InChI is InChI=1S/C10H20N2O5.C7H13NO5/c11-8(9(14)15)4-1-2-5-12-10(16)17-7-3-6-13;1-5(6(10)11)8-7(12)13-4-2-3-9/h8,13H,1-7,11H2,(H,12,16)(H,14,15);5,9H,2-4H2,1H3,(H,8,12)(H,10,11)/t8-;5-/m00/s1. The first kappa shape index (κ1) is 29.6. The van der Waals surface area contributed by atoms with E-state index in [1.807, 2.05) is 0 Å². The lowest BCUT2D eigenvalue weighted by Gasteiger charge is -2.09. The van der Waals surface area contributed by atoms with Gasteiger partial charge in [-0.15, -0.1) is 0 Å². The van der Waals surface area contributed by atoms with Crippen LogP contribution in [0.1, 0.15) is 39.0 Å². The fourth-order valence-electron chi connectivity index (χ4n) is 1.59. The van der Waals surface area contributed by atoms with Gasteiger partial charge in [0.1, 0.15) is 12.1 Å². The number of aliphatic hydroxyl groups is 2. The maximum absolute atomic E-state index is 11.0. The van der Waals surface area contributed by atoms with Gasteiger partial charge in [0.15, 0.2) is 0 Å². The molecule has 0 aromatic rings. The molecule has 0 aliphatic carbocycles. The van der Waals surface area contributed by atoms with Crippen molar-refractivity contribution < 1.29 is 49.1 Å². The fraction of sp³-hybridized carbons (Fsp3) is 0.765. The van der Waals surface area contributed by atoms with Crippen LogP contribution in [0.25, 0.3) is 0 Å². The predicted molar refractivity (Wildman–Crippen MR) is 104 cm³/mol. The number of amides is 2. The molecule has 0 aromatic carbocycles. The summed E-state index contributed by atoms with van der Waals surface area (Å²) in [7, 11) is 0. The molecule has 2 atom stereocenters. The minimum absolute atomic E-state index is 0.0135. The summed E-state index contributed by atoms with van der Waals surface area (Å²) in [5, 5.41) is 38.3. The normalized spacial score (nSPS) is 11.9. The SMILES string of the molecule is C[C@H](NC(=O)OCCCO)C(=O)O.N[C@@H](CCCCNC(=O)OCCCO)C(=O)O. The molecule has 0 spiro atoms. The van der Waals surface area contributed by atoms with Crippen molar-refractivity contribution in [2.75, 3.05) is 33.0 Å². The van der Waals surface area contributed by atoms with Gasteiger partial charge >= 0.3 is 24.1 Å². The van der Waals surface area contributed by atoms with E-state index in [1.54, 1.807) is 0 Å². The Balaban J connectivity index is 0. The second-order valence-electron chi connectivity index (χ2n) is 6.00. The van der Waals surface area contributed by atoms with Gasteiger partial charge in [-0.3, -0.25) is 9.59 Å². The van der Waals surface area contributed by atoms with Gasteiger partial charge in [0, 0.05) is 32.6 Å². The maximum Gasteiger partial charge on any atom is 0.407 e. The maximum atomic E-state index is 11.0. The Kier molecular flexibility index (Phi) is 19.4. The number of hydrogen-bond acceptors (Lipinski definition) is 9. The number of carboxylic acid groups (broad SMARTS) is 2. The minimum atomic E-state index is -1.13. The second-order valence-corrected chi connectivity index (χ2v) is 6.00. The van der Waals surface area contributed by atoms with Gasteiger partial charge in [-0.25, -0.2) is 9.59 Å². The van der Waals surface area contributed by atoms with Crippen molar-refractivity contribution in [3.8, 4) is 0 Å². The Morgan fingerprint density at radius 3 is 1.87 bits per heavy atom. The summed E-state index contributed by atoms with van der Waals surface area (Å²) in [5.41, 5.74) is 5.30. The molecule has 13 heteroatoms. The van der Waals surface area contributed by atoms with E-state index in [0.717, 1.165) is 0 Å². The molecule has 0 bridgehead atoms. The monoisotopic (exact) mass is 439 g/mol. The molecule has 0 unspecified atom stereocenters. The van der Waals surface area contributed by atoms with E-state index in [1.165, 1.54) is 6.92 Å². The number of nitrogens with one attached hydrogen (secondary N) is 2. The largest absolute Gasteiger partial charge is 0.480 e. The lowest BCUT2D eigenvalue weighted by Crippen LogP contribution is -2.38. The minimum Gasteiger partial charge on any atom is -0.480 e. The number of aliphatic carboxylic acids is 2. The number of carboxylic acids is 2. The molecule has 0 aliphatic rings. The highest BCUT2D eigenvalue weighted by Gasteiger charge is 2.14. The fourth-order valence-corrected chi connectivity index (χ4v) is 1.59. The van der Waals surface area contributed by atoms with Crippen LogP contribution in [-0.4, -0.2) is 89.6 Å². The molecule has 13 nitrogen and oxygen atoms in total. The molecule has 30 heavy (non-hydrogen) atoms. The zero-order chi connectivity index (χ0) is 23.4. The molecule has 0 saturated carbocycles. The molecule has 0 aliphatic heterocycles. The molecule has 0 heterocycles. The average Bonchev–Trinajstić information content (AvgIpc) is 2.68. The molecule has 0 radical (unpaired) electrons.